The zero-order valence-corrected chi connectivity index (χ0v) is 16.4. The smallest absolute Gasteiger partial charge is 0.271 e. The van der Waals surface area contributed by atoms with E-state index in [0.29, 0.717) is 33.9 Å². The molecule has 0 unspecified atom stereocenters. The monoisotopic (exact) mass is 416 g/mol. The molecular weight excluding hydrogens is 400 g/mol. The minimum atomic E-state index is -0.514. The average Bonchev–Trinajstić information content (AvgIpc) is 2.73. The Morgan fingerprint density at radius 3 is 1.84 bits per heavy atom. The number of Topliss-reactive ketones (excluding diaryl/α,β-unsaturated/α-hetero) is 1. The molecule has 0 amide bonds. The quantitative estimate of drug-likeness (QED) is 0.264. The standard InChI is InChI=1S/C22H16N4O5/c1-13(27)10-14-2-4-15(5-3-14)23-22-18-8-6-16(25(28)29)11-20(18)24-21-12-17(26(30)31)7-9-19(21)22/h2-9,11-12H,10H2,1H3,(H,23,24). The van der Waals surface area contributed by atoms with Crippen molar-refractivity contribution in [3.63, 3.8) is 0 Å². The van der Waals surface area contributed by atoms with E-state index < -0.39 is 9.85 Å². The first-order valence-corrected chi connectivity index (χ1v) is 9.33. The predicted molar refractivity (Wildman–Crippen MR) is 117 cm³/mol. The molecule has 0 saturated heterocycles. The lowest BCUT2D eigenvalue weighted by molar-refractivity contribution is -0.384. The summed E-state index contributed by atoms with van der Waals surface area (Å²) in [4.78, 5) is 37.1. The highest BCUT2D eigenvalue weighted by Gasteiger charge is 2.16. The van der Waals surface area contributed by atoms with Gasteiger partial charge in [-0.2, -0.15) is 0 Å². The molecule has 0 aliphatic rings. The molecule has 0 radical (unpaired) electrons. The van der Waals surface area contributed by atoms with Crippen LogP contribution in [0.4, 0.5) is 22.7 Å². The van der Waals surface area contributed by atoms with Gasteiger partial charge in [-0.25, -0.2) is 4.98 Å². The molecule has 4 aromatic rings. The number of carbonyl (C=O) groups excluding carboxylic acids is 1. The number of rotatable bonds is 6. The fourth-order valence-electron chi connectivity index (χ4n) is 3.42. The van der Waals surface area contributed by atoms with Crippen molar-refractivity contribution in [2.45, 2.75) is 13.3 Å². The second-order valence-corrected chi connectivity index (χ2v) is 7.10. The van der Waals surface area contributed by atoms with Gasteiger partial charge in [0.25, 0.3) is 11.4 Å². The molecule has 1 aromatic heterocycles. The zero-order valence-electron chi connectivity index (χ0n) is 16.4. The number of non-ortho nitro benzene ring substituents is 2. The number of nitrogens with one attached hydrogen (secondary N) is 1. The van der Waals surface area contributed by atoms with Gasteiger partial charge in [-0.1, -0.05) is 12.1 Å². The van der Waals surface area contributed by atoms with E-state index in [0.717, 1.165) is 11.3 Å². The Labute approximate surface area is 175 Å². The molecule has 154 valence electrons. The molecule has 3 aromatic carbocycles. The summed E-state index contributed by atoms with van der Waals surface area (Å²) in [5.74, 6) is 0.0648. The number of nitrogens with zero attached hydrogens (tertiary/aromatic N) is 3. The van der Waals surface area contributed by atoms with Crippen LogP contribution in [0.15, 0.2) is 60.7 Å². The van der Waals surface area contributed by atoms with Gasteiger partial charge < -0.3 is 5.32 Å². The third-order valence-electron chi connectivity index (χ3n) is 4.84. The third-order valence-corrected chi connectivity index (χ3v) is 4.84. The molecule has 0 aliphatic heterocycles. The largest absolute Gasteiger partial charge is 0.354 e. The SMILES string of the molecule is CC(=O)Cc1ccc(Nc2c3ccc([N+](=O)[O-])cc3nc3cc([N+](=O)[O-])ccc23)cc1. The van der Waals surface area contributed by atoms with Gasteiger partial charge >= 0.3 is 0 Å². The molecular formula is C22H16N4O5. The summed E-state index contributed by atoms with van der Waals surface area (Å²) >= 11 is 0. The molecule has 1 heterocycles. The van der Waals surface area contributed by atoms with E-state index >= 15 is 0 Å². The van der Waals surface area contributed by atoms with Crippen LogP contribution in [0, 0.1) is 20.2 Å². The van der Waals surface area contributed by atoms with E-state index in [1.165, 1.54) is 31.2 Å². The number of carbonyl (C=O) groups is 1. The lowest BCUT2D eigenvalue weighted by Gasteiger charge is -2.14. The molecule has 9 heteroatoms. The van der Waals surface area contributed by atoms with E-state index in [4.69, 9.17) is 0 Å². The summed E-state index contributed by atoms with van der Waals surface area (Å²) in [6.45, 7) is 1.53. The Bertz CT molecular complexity index is 1290. The van der Waals surface area contributed by atoms with Gasteiger partial charge in [0.05, 0.1) is 26.6 Å². The Morgan fingerprint density at radius 2 is 1.39 bits per heavy atom. The van der Waals surface area contributed by atoms with E-state index in [1.807, 2.05) is 24.3 Å². The van der Waals surface area contributed by atoms with Crippen LogP contribution < -0.4 is 5.32 Å². The highest BCUT2D eigenvalue weighted by molar-refractivity contribution is 6.09. The average molecular weight is 416 g/mol. The van der Waals surface area contributed by atoms with Gasteiger partial charge in [0, 0.05) is 47.1 Å². The number of nitro groups is 2. The van der Waals surface area contributed by atoms with Crippen LogP contribution in [-0.4, -0.2) is 20.6 Å². The fourth-order valence-corrected chi connectivity index (χ4v) is 3.42. The van der Waals surface area contributed by atoms with Crippen molar-refractivity contribution >= 4 is 50.3 Å². The number of hydrogen-bond acceptors (Lipinski definition) is 7. The zero-order chi connectivity index (χ0) is 22.1. The summed E-state index contributed by atoms with van der Waals surface area (Å²) < 4.78 is 0. The molecule has 1 N–H and O–H groups in total. The second-order valence-electron chi connectivity index (χ2n) is 7.10. The van der Waals surface area contributed by atoms with Crippen molar-refractivity contribution in [2.24, 2.45) is 0 Å². The van der Waals surface area contributed by atoms with E-state index in [-0.39, 0.29) is 17.2 Å². The van der Waals surface area contributed by atoms with Crippen molar-refractivity contribution < 1.29 is 14.6 Å². The number of ketones is 1. The number of pyridine rings is 1. The summed E-state index contributed by atoms with van der Waals surface area (Å²) in [6, 6.07) is 16.0. The van der Waals surface area contributed by atoms with Crippen molar-refractivity contribution in [3.05, 3.63) is 86.5 Å². The van der Waals surface area contributed by atoms with Crippen LogP contribution in [0.5, 0.6) is 0 Å². The maximum Gasteiger partial charge on any atom is 0.271 e. The first kappa shape index (κ1) is 19.9. The van der Waals surface area contributed by atoms with Gasteiger partial charge in [-0.05, 0) is 36.8 Å². The molecule has 0 spiro atoms. The van der Waals surface area contributed by atoms with Crippen LogP contribution in [0.3, 0.4) is 0 Å². The Morgan fingerprint density at radius 1 is 0.871 bits per heavy atom. The second kappa shape index (κ2) is 7.79. The molecule has 0 aliphatic carbocycles. The highest BCUT2D eigenvalue weighted by atomic mass is 16.6. The number of nitro benzene ring substituents is 2. The van der Waals surface area contributed by atoms with Crippen LogP contribution in [-0.2, 0) is 11.2 Å². The normalized spacial score (nSPS) is 10.9. The van der Waals surface area contributed by atoms with Crippen molar-refractivity contribution in [1.29, 1.82) is 0 Å². The maximum atomic E-state index is 11.3. The molecule has 0 atom stereocenters. The van der Waals surface area contributed by atoms with Crippen molar-refractivity contribution in [3.8, 4) is 0 Å². The molecule has 31 heavy (non-hydrogen) atoms. The Hall–Kier alpha value is -4.40. The van der Waals surface area contributed by atoms with Gasteiger partial charge in [0.1, 0.15) is 5.78 Å². The first-order valence-electron chi connectivity index (χ1n) is 9.33. The summed E-state index contributed by atoms with van der Waals surface area (Å²) in [5.41, 5.74) is 2.69. The minimum absolute atomic E-state index is 0.0648. The minimum Gasteiger partial charge on any atom is -0.354 e. The van der Waals surface area contributed by atoms with Gasteiger partial charge in [0.2, 0.25) is 0 Å². The van der Waals surface area contributed by atoms with Crippen LogP contribution in [0.2, 0.25) is 0 Å². The van der Waals surface area contributed by atoms with Gasteiger partial charge in [0.15, 0.2) is 0 Å². The summed E-state index contributed by atoms with van der Waals surface area (Å²) in [6.07, 6.45) is 0.342. The van der Waals surface area contributed by atoms with Crippen LogP contribution in [0.1, 0.15) is 12.5 Å². The molecule has 0 saturated carbocycles. The summed E-state index contributed by atoms with van der Waals surface area (Å²) in [5, 5.41) is 26.9. The van der Waals surface area contributed by atoms with Crippen LogP contribution in [0.25, 0.3) is 21.8 Å². The van der Waals surface area contributed by atoms with Gasteiger partial charge in [-0.15, -0.1) is 0 Å². The van der Waals surface area contributed by atoms with E-state index in [1.54, 1.807) is 12.1 Å². The lowest BCUT2D eigenvalue weighted by atomic mass is 10.1. The van der Waals surface area contributed by atoms with E-state index in [2.05, 4.69) is 10.3 Å². The van der Waals surface area contributed by atoms with Crippen molar-refractivity contribution in [2.75, 3.05) is 5.32 Å². The lowest BCUT2D eigenvalue weighted by Crippen LogP contribution is -1.99. The number of hydrogen-bond donors (Lipinski definition) is 1. The number of aromatic nitrogens is 1. The fraction of sp³-hybridized carbons (Fsp3) is 0.0909. The Balaban J connectivity index is 1.88. The molecule has 4 rings (SSSR count). The van der Waals surface area contributed by atoms with Gasteiger partial charge in [-0.3, -0.25) is 25.0 Å². The number of fused-ring (bicyclic) bond motifs is 2. The topological polar surface area (TPSA) is 128 Å². The van der Waals surface area contributed by atoms with Crippen LogP contribution >= 0.6 is 0 Å². The van der Waals surface area contributed by atoms with E-state index in [9.17, 15) is 25.0 Å². The first-order chi connectivity index (χ1) is 14.8. The third kappa shape index (κ3) is 4.01. The molecule has 0 bridgehead atoms. The number of anilines is 2. The number of benzene rings is 3. The molecule has 0 fully saturated rings. The summed E-state index contributed by atoms with van der Waals surface area (Å²) in [7, 11) is 0. The Kier molecular flexibility index (Phi) is 5.00. The van der Waals surface area contributed by atoms with Crippen molar-refractivity contribution in [1.82, 2.24) is 4.98 Å². The molecule has 9 nitrogen and oxygen atoms in total. The maximum absolute atomic E-state index is 11.3. The highest BCUT2D eigenvalue weighted by Crippen LogP contribution is 2.36. The predicted octanol–water partition coefficient (Wildman–Crippen LogP) is 5.08.